The molecule has 32 heavy (non-hydrogen) atoms. The lowest BCUT2D eigenvalue weighted by Gasteiger charge is -2.35. The van der Waals surface area contributed by atoms with Crippen molar-refractivity contribution in [2.75, 3.05) is 24.0 Å². The molecule has 1 atom stereocenters. The number of hydrogen-bond acceptors (Lipinski definition) is 5. The molecule has 0 spiro atoms. The summed E-state index contributed by atoms with van der Waals surface area (Å²) in [4.78, 5) is 13.0. The summed E-state index contributed by atoms with van der Waals surface area (Å²) < 4.78 is 39.4. The molecule has 1 amide bonds. The van der Waals surface area contributed by atoms with E-state index in [1.807, 2.05) is 43.3 Å². The molecule has 0 fully saturated rings. The monoisotopic (exact) mass is 452 g/mol. The molecule has 3 aromatic carbocycles. The Morgan fingerprint density at radius 3 is 2.47 bits per heavy atom. The standard InChI is InChI=1S/C24H24N2O5S/c1-18-12-13-21-22(16-18)31-23(17-26(21)32(28,29)20-10-6-3-7-11-20)24(27)25-14-15-30-19-8-4-2-5-9-19/h2-13,16,23H,14-15,17H2,1H3,(H,25,27)/t23-/m1/s1. The van der Waals surface area contributed by atoms with Crippen molar-refractivity contribution in [3.05, 3.63) is 84.4 Å². The Bertz CT molecular complexity index is 1180. The molecule has 0 bridgehead atoms. The van der Waals surface area contributed by atoms with Crippen molar-refractivity contribution >= 4 is 21.6 Å². The summed E-state index contributed by atoms with van der Waals surface area (Å²) in [6.07, 6.45) is -0.987. The molecule has 0 saturated heterocycles. The van der Waals surface area contributed by atoms with E-state index in [4.69, 9.17) is 9.47 Å². The molecule has 1 N–H and O–H groups in total. The summed E-state index contributed by atoms with van der Waals surface area (Å²) in [5.74, 6) is 0.665. The molecule has 7 nitrogen and oxygen atoms in total. The van der Waals surface area contributed by atoms with E-state index in [1.165, 1.54) is 16.4 Å². The number of rotatable bonds is 7. The second-order valence-electron chi connectivity index (χ2n) is 7.38. The maximum atomic E-state index is 13.3. The number of carbonyl (C=O) groups is 1. The molecule has 1 aliphatic heterocycles. The average molecular weight is 453 g/mol. The van der Waals surface area contributed by atoms with Crippen LogP contribution in [0, 0.1) is 6.92 Å². The molecule has 0 saturated carbocycles. The van der Waals surface area contributed by atoms with Gasteiger partial charge in [-0.05, 0) is 48.9 Å². The van der Waals surface area contributed by atoms with E-state index >= 15 is 0 Å². The van der Waals surface area contributed by atoms with Crippen LogP contribution in [0.5, 0.6) is 11.5 Å². The van der Waals surface area contributed by atoms with Crippen molar-refractivity contribution in [3.8, 4) is 11.5 Å². The lowest BCUT2D eigenvalue weighted by Crippen LogP contribution is -2.51. The number of hydrogen-bond donors (Lipinski definition) is 1. The van der Waals surface area contributed by atoms with Crippen molar-refractivity contribution in [2.24, 2.45) is 0 Å². The van der Waals surface area contributed by atoms with Gasteiger partial charge in [-0.3, -0.25) is 9.10 Å². The third kappa shape index (κ3) is 4.70. The van der Waals surface area contributed by atoms with E-state index in [-0.39, 0.29) is 24.6 Å². The van der Waals surface area contributed by atoms with Crippen LogP contribution in [0.1, 0.15) is 5.56 Å². The molecule has 0 unspecified atom stereocenters. The van der Waals surface area contributed by atoms with Gasteiger partial charge in [0.2, 0.25) is 0 Å². The van der Waals surface area contributed by atoms with Crippen LogP contribution in [0.3, 0.4) is 0 Å². The number of amides is 1. The van der Waals surface area contributed by atoms with E-state index in [1.54, 1.807) is 30.3 Å². The fraction of sp³-hybridized carbons (Fsp3) is 0.208. The third-order valence-electron chi connectivity index (χ3n) is 5.02. The van der Waals surface area contributed by atoms with Crippen LogP contribution in [0.2, 0.25) is 0 Å². The predicted octanol–water partition coefficient (Wildman–Crippen LogP) is 3.15. The highest BCUT2D eigenvalue weighted by molar-refractivity contribution is 7.92. The van der Waals surface area contributed by atoms with Crippen LogP contribution < -0.4 is 19.1 Å². The number of ether oxygens (including phenoxy) is 2. The third-order valence-corrected chi connectivity index (χ3v) is 6.82. The van der Waals surface area contributed by atoms with E-state index in [0.717, 1.165) is 5.56 Å². The van der Waals surface area contributed by atoms with Gasteiger partial charge in [0.05, 0.1) is 23.7 Å². The SMILES string of the molecule is Cc1ccc2c(c1)O[C@@H](C(=O)NCCOc1ccccc1)CN2S(=O)(=O)c1ccccc1. The Labute approximate surface area is 187 Å². The topological polar surface area (TPSA) is 84.9 Å². The number of benzene rings is 3. The lowest BCUT2D eigenvalue weighted by molar-refractivity contribution is -0.127. The molecule has 0 aliphatic carbocycles. The quantitative estimate of drug-likeness (QED) is 0.557. The molecule has 8 heteroatoms. The summed E-state index contributed by atoms with van der Waals surface area (Å²) in [7, 11) is -3.87. The lowest BCUT2D eigenvalue weighted by atomic mass is 10.1. The molecular weight excluding hydrogens is 428 g/mol. The van der Waals surface area contributed by atoms with Crippen LogP contribution in [-0.4, -0.2) is 40.1 Å². The first-order valence-corrected chi connectivity index (χ1v) is 11.7. The Balaban J connectivity index is 1.50. The molecule has 166 valence electrons. The molecule has 1 heterocycles. The van der Waals surface area contributed by atoms with Gasteiger partial charge in [-0.1, -0.05) is 42.5 Å². The van der Waals surface area contributed by atoms with Crippen molar-refractivity contribution in [3.63, 3.8) is 0 Å². The first kappa shape index (κ1) is 21.7. The predicted molar refractivity (Wildman–Crippen MR) is 122 cm³/mol. The molecule has 1 aliphatic rings. The zero-order valence-corrected chi connectivity index (χ0v) is 18.4. The first-order chi connectivity index (χ1) is 15.4. The summed E-state index contributed by atoms with van der Waals surface area (Å²) >= 11 is 0. The van der Waals surface area contributed by atoms with E-state index in [9.17, 15) is 13.2 Å². The first-order valence-electron chi connectivity index (χ1n) is 10.3. The highest BCUT2D eigenvalue weighted by Crippen LogP contribution is 2.37. The van der Waals surface area contributed by atoms with E-state index in [0.29, 0.717) is 17.2 Å². The number of fused-ring (bicyclic) bond motifs is 1. The number of carbonyl (C=O) groups excluding carboxylic acids is 1. The molecule has 3 aromatic rings. The Hall–Kier alpha value is -3.52. The van der Waals surface area contributed by atoms with Crippen molar-refractivity contribution < 1.29 is 22.7 Å². The summed E-state index contributed by atoms with van der Waals surface area (Å²) in [5.41, 5.74) is 1.31. The van der Waals surface area contributed by atoms with Crippen LogP contribution in [0.4, 0.5) is 5.69 Å². The van der Waals surface area contributed by atoms with Crippen molar-refractivity contribution in [2.45, 2.75) is 17.9 Å². The largest absolute Gasteiger partial charge is 0.492 e. The second-order valence-corrected chi connectivity index (χ2v) is 9.24. The van der Waals surface area contributed by atoms with Gasteiger partial charge in [-0.15, -0.1) is 0 Å². The fourth-order valence-corrected chi connectivity index (χ4v) is 4.92. The minimum Gasteiger partial charge on any atom is -0.492 e. The number of nitrogens with zero attached hydrogens (tertiary/aromatic N) is 1. The Morgan fingerprint density at radius 1 is 1.06 bits per heavy atom. The zero-order chi connectivity index (χ0) is 22.6. The maximum Gasteiger partial charge on any atom is 0.264 e. The average Bonchev–Trinajstić information content (AvgIpc) is 2.82. The Morgan fingerprint density at radius 2 is 1.75 bits per heavy atom. The van der Waals surface area contributed by atoms with Gasteiger partial charge in [0.1, 0.15) is 18.1 Å². The highest BCUT2D eigenvalue weighted by atomic mass is 32.2. The minimum atomic E-state index is -3.87. The number of para-hydroxylation sites is 1. The Kier molecular flexibility index (Phi) is 6.32. The fourth-order valence-electron chi connectivity index (χ4n) is 3.42. The van der Waals surface area contributed by atoms with Crippen molar-refractivity contribution in [1.29, 1.82) is 0 Å². The van der Waals surface area contributed by atoms with Crippen LogP contribution in [-0.2, 0) is 14.8 Å². The highest BCUT2D eigenvalue weighted by Gasteiger charge is 2.37. The summed E-state index contributed by atoms with van der Waals surface area (Å²) in [5, 5.41) is 2.77. The van der Waals surface area contributed by atoms with Crippen LogP contribution in [0.25, 0.3) is 0 Å². The zero-order valence-electron chi connectivity index (χ0n) is 17.6. The van der Waals surface area contributed by atoms with Gasteiger partial charge in [-0.25, -0.2) is 8.42 Å². The minimum absolute atomic E-state index is 0.126. The summed E-state index contributed by atoms with van der Waals surface area (Å²) in [6.45, 7) is 2.30. The van der Waals surface area contributed by atoms with E-state index < -0.39 is 22.0 Å². The number of anilines is 1. The van der Waals surface area contributed by atoms with Gasteiger partial charge in [0, 0.05) is 0 Å². The number of sulfonamides is 1. The molecule has 0 radical (unpaired) electrons. The molecule has 4 rings (SSSR count). The maximum absolute atomic E-state index is 13.3. The van der Waals surface area contributed by atoms with Gasteiger partial charge in [0.15, 0.2) is 6.10 Å². The second kappa shape index (κ2) is 9.32. The van der Waals surface area contributed by atoms with Crippen LogP contribution in [0.15, 0.2) is 83.8 Å². The normalized spacial score (nSPS) is 15.4. The van der Waals surface area contributed by atoms with Gasteiger partial charge < -0.3 is 14.8 Å². The van der Waals surface area contributed by atoms with Crippen LogP contribution >= 0.6 is 0 Å². The van der Waals surface area contributed by atoms with Crippen molar-refractivity contribution in [1.82, 2.24) is 5.32 Å². The van der Waals surface area contributed by atoms with Gasteiger partial charge >= 0.3 is 0 Å². The number of nitrogens with one attached hydrogen (secondary N) is 1. The molecule has 0 aromatic heterocycles. The van der Waals surface area contributed by atoms with Gasteiger partial charge in [0.25, 0.3) is 15.9 Å². The summed E-state index contributed by atoms with van der Waals surface area (Å²) in [6, 6.07) is 22.7. The smallest absolute Gasteiger partial charge is 0.264 e. The molecular formula is C24H24N2O5S. The van der Waals surface area contributed by atoms with E-state index in [2.05, 4.69) is 5.32 Å². The van der Waals surface area contributed by atoms with Gasteiger partial charge in [-0.2, -0.15) is 0 Å². The number of aryl methyl sites for hydroxylation is 1.